The van der Waals surface area contributed by atoms with Gasteiger partial charge in [0.25, 0.3) is 18.2 Å². The van der Waals surface area contributed by atoms with Gasteiger partial charge in [0.15, 0.2) is 11.3 Å². The van der Waals surface area contributed by atoms with E-state index < -0.39 is 29.9 Å². The number of amides is 2. The second kappa shape index (κ2) is 9.41. The van der Waals surface area contributed by atoms with Crippen molar-refractivity contribution in [2.24, 2.45) is 0 Å². The Morgan fingerprint density at radius 1 is 1.21 bits per heavy atom. The fourth-order valence-corrected chi connectivity index (χ4v) is 2.05. The maximum absolute atomic E-state index is 13.0. The highest BCUT2D eigenvalue weighted by Crippen LogP contribution is 2.20. The van der Waals surface area contributed by atoms with Crippen LogP contribution in [0.5, 0.6) is 0 Å². The fraction of sp³-hybridized carbons (Fsp3) is 0.222. The molecule has 0 fully saturated rings. The maximum atomic E-state index is 13.0. The van der Waals surface area contributed by atoms with E-state index in [2.05, 4.69) is 39.1 Å². The number of H-pyrrole nitrogens is 1. The molecule has 5 N–H and O–H groups in total. The first kappa shape index (κ1) is 21.5. The molecule has 1 aromatic carbocycles. The molecule has 1 heterocycles. The van der Waals surface area contributed by atoms with Crippen molar-refractivity contribution in [3.8, 4) is 23.7 Å². The first-order valence-corrected chi connectivity index (χ1v) is 7.99. The lowest BCUT2D eigenvalue weighted by Crippen LogP contribution is -2.61. The zero-order chi connectivity index (χ0) is 21.4. The van der Waals surface area contributed by atoms with E-state index in [4.69, 9.17) is 5.21 Å². The summed E-state index contributed by atoms with van der Waals surface area (Å²) in [5.74, 6) is 8.23. The van der Waals surface area contributed by atoms with Crippen molar-refractivity contribution in [2.75, 3.05) is 0 Å². The van der Waals surface area contributed by atoms with Crippen LogP contribution in [-0.4, -0.2) is 55.6 Å². The zero-order valence-corrected chi connectivity index (χ0v) is 14.9. The number of aliphatic hydroxyl groups is 1. The van der Waals surface area contributed by atoms with Gasteiger partial charge in [-0.3, -0.25) is 19.9 Å². The Kier molecular flexibility index (Phi) is 6.98. The molecule has 0 bridgehead atoms. The Morgan fingerprint density at radius 2 is 1.86 bits per heavy atom. The molecule has 11 heteroatoms. The predicted molar refractivity (Wildman–Crippen MR) is 94.4 cm³/mol. The summed E-state index contributed by atoms with van der Waals surface area (Å²) >= 11 is 0. The van der Waals surface area contributed by atoms with Crippen LogP contribution in [0.25, 0.3) is 0 Å². The number of nitrogens with zero attached hydrogens (tertiary/aromatic N) is 2. The Bertz CT molecular complexity index is 983. The standard InChI is InChI=1S/C18H15F2N5O4/c1-18(28,17(19)20)14(16(27)24-29)22-15(26)12-8-6-11(7-9-12)4-2-3-5-13-10-21-25-23-13/h6-10,14,17,28-29H,1H3,(H,22,26)(H,24,27)(H,21,23,25). The van der Waals surface area contributed by atoms with E-state index in [-0.39, 0.29) is 5.56 Å². The number of hydrogen-bond donors (Lipinski definition) is 5. The van der Waals surface area contributed by atoms with Gasteiger partial charge in [-0.15, -0.1) is 5.10 Å². The minimum Gasteiger partial charge on any atom is -0.381 e. The molecular weight excluding hydrogens is 388 g/mol. The number of hydrogen-bond acceptors (Lipinski definition) is 6. The largest absolute Gasteiger partial charge is 0.381 e. The van der Waals surface area contributed by atoms with Crippen LogP contribution in [0.1, 0.15) is 28.5 Å². The van der Waals surface area contributed by atoms with Crippen molar-refractivity contribution in [3.63, 3.8) is 0 Å². The second-order valence-electron chi connectivity index (χ2n) is 5.85. The SMILES string of the molecule is CC(O)(C(F)F)C(NC(=O)c1ccc(C#CC#Cc2c[nH]nn2)cc1)C(=O)NO. The van der Waals surface area contributed by atoms with Gasteiger partial charge in [0, 0.05) is 11.1 Å². The first-order chi connectivity index (χ1) is 13.8. The van der Waals surface area contributed by atoms with Gasteiger partial charge in [0.05, 0.1) is 6.20 Å². The number of aromatic nitrogens is 3. The van der Waals surface area contributed by atoms with Gasteiger partial charge in [-0.1, -0.05) is 11.1 Å². The van der Waals surface area contributed by atoms with Crippen molar-refractivity contribution < 1.29 is 28.7 Å². The van der Waals surface area contributed by atoms with E-state index in [9.17, 15) is 23.5 Å². The third-order valence-electron chi connectivity index (χ3n) is 3.70. The lowest BCUT2D eigenvalue weighted by atomic mass is 9.95. The summed E-state index contributed by atoms with van der Waals surface area (Å²) in [6.07, 6.45) is -1.86. The number of halogens is 2. The molecule has 2 unspecified atom stereocenters. The van der Waals surface area contributed by atoms with Crippen molar-refractivity contribution in [1.82, 2.24) is 26.2 Å². The smallest absolute Gasteiger partial charge is 0.269 e. The number of nitrogens with one attached hydrogen (secondary N) is 3. The first-order valence-electron chi connectivity index (χ1n) is 7.99. The lowest BCUT2D eigenvalue weighted by Gasteiger charge is -2.30. The summed E-state index contributed by atoms with van der Waals surface area (Å²) in [5, 5.41) is 30.1. The number of benzene rings is 1. The van der Waals surface area contributed by atoms with Gasteiger partial charge in [0.1, 0.15) is 6.04 Å². The van der Waals surface area contributed by atoms with E-state index >= 15 is 0 Å². The fourth-order valence-electron chi connectivity index (χ4n) is 2.05. The number of alkyl halides is 2. The van der Waals surface area contributed by atoms with Crippen molar-refractivity contribution in [2.45, 2.75) is 25.0 Å². The van der Waals surface area contributed by atoms with Crippen LogP contribution in [0, 0.1) is 23.7 Å². The highest BCUT2D eigenvalue weighted by molar-refractivity contribution is 5.97. The van der Waals surface area contributed by atoms with Crippen LogP contribution in [-0.2, 0) is 4.79 Å². The molecule has 2 aromatic rings. The molecule has 0 saturated carbocycles. The molecule has 2 rings (SSSR count). The molecule has 0 aliphatic carbocycles. The van der Waals surface area contributed by atoms with Crippen LogP contribution in [0.3, 0.4) is 0 Å². The molecule has 0 aliphatic rings. The maximum Gasteiger partial charge on any atom is 0.269 e. The summed E-state index contributed by atoms with van der Waals surface area (Å²) in [5.41, 5.74) is -0.808. The molecule has 0 radical (unpaired) electrons. The number of carbonyl (C=O) groups is 2. The third kappa shape index (κ3) is 5.59. The van der Waals surface area contributed by atoms with E-state index in [0.29, 0.717) is 18.2 Å². The van der Waals surface area contributed by atoms with Crippen molar-refractivity contribution in [3.05, 3.63) is 47.3 Å². The molecule has 2 atom stereocenters. The van der Waals surface area contributed by atoms with Crippen LogP contribution in [0.2, 0.25) is 0 Å². The van der Waals surface area contributed by atoms with Gasteiger partial charge < -0.3 is 10.4 Å². The summed E-state index contributed by atoms with van der Waals surface area (Å²) in [7, 11) is 0. The predicted octanol–water partition coefficient (Wildman–Crippen LogP) is -0.172. The van der Waals surface area contributed by atoms with Crippen LogP contribution in [0.15, 0.2) is 30.5 Å². The molecule has 0 saturated heterocycles. The highest BCUT2D eigenvalue weighted by atomic mass is 19.3. The number of hydroxylamine groups is 1. The van der Waals surface area contributed by atoms with Gasteiger partial charge >= 0.3 is 0 Å². The Balaban J connectivity index is 2.10. The second-order valence-corrected chi connectivity index (χ2v) is 5.85. The monoisotopic (exact) mass is 403 g/mol. The summed E-state index contributed by atoms with van der Waals surface area (Å²) in [4.78, 5) is 23.9. The summed E-state index contributed by atoms with van der Waals surface area (Å²) in [6, 6.07) is 3.55. The minimum absolute atomic E-state index is 0.0186. The van der Waals surface area contributed by atoms with Gasteiger partial charge in [-0.05, 0) is 49.0 Å². The Morgan fingerprint density at radius 3 is 2.41 bits per heavy atom. The number of aromatic amines is 1. The van der Waals surface area contributed by atoms with E-state index in [1.165, 1.54) is 30.5 Å². The average Bonchev–Trinajstić information content (AvgIpc) is 3.22. The average molecular weight is 403 g/mol. The molecule has 150 valence electrons. The zero-order valence-electron chi connectivity index (χ0n) is 14.9. The molecule has 0 aliphatic heterocycles. The van der Waals surface area contributed by atoms with E-state index in [0.717, 1.165) is 5.48 Å². The summed E-state index contributed by atoms with van der Waals surface area (Å²) < 4.78 is 26.0. The van der Waals surface area contributed by atoms with Crippen molar-refractivity contribution >= 4 is 11.8 Å². The minimum atomic E-state index is -3.36. The Hall–Kier alpha value is -3.80. The molecule has 0 spiro atoms. The molecule has 2 amide bonds. The summed E-state index contributed by atoms with van der Waals surface area (Å²) in [6.45, 7) is 0.663. The number of carbonyl (C=O) groups excluding carboxylic acids is 2. The molecule has 29 heavy (non-hydrogen) atoms. The van der Waals surface area contributed by atoms with Gasteiger partial charge in [-0.25, -0.2) is 14.3 Å². The molecule has 9 nitrogen and oxygen atoms in total. The Labute approximate surface area is 163 Å². The normalized spacial score (nSPS) is 13.2. The molecular formula is C18H15F2N5O4. The van der Waals surface area contributed by atoms with Crippen LogP contribution < -0.4 is 10.8 Å². The quantitative estimate of drug-likeness (QED) is 0.267. The van der Waals surface area contributed by atoms with E-state index in [1.807, 2.05) is 5.32 Å². The van der Waals surface area contributed by atoms with E-state index in [1.54, 1.807) is 0 Å². The molecule has 1 aromatic heterocycles. The third-order valence-corrected chi connectivity index (χ3v) is 3.70. The van der Waals surface area contributed by atoms with Gasteiger partial charge in [0.2, 0.25) is 0 Å². The highest BCUT2D eigenvalue weighted by Gasteiger charge is 2.46. The lowest BCUT2D eigenvalue weighted by molar-refractivity contribution is -0.149. The van der Waals surface area contributed by atoms with Crippen LogP contribution in [0.4, 0.5) is 8.78 Å². The topological polar surface area (TPSA) is 140 Å². The van der Waals surface area contributed by atoms with Crippen LogP contribution >= 0.6 is 0 Å². The number of rotatable bonds is 5. The van der Waals surface area contributed by atoms with Crippen molar-refractivity contribution in [1.29, 1.82) is 0 Å². The van der Waals surface area contributed by atoms with Gasteiger partial charge in [-0.2, -0.15) is 0 Å².